The third-order valence-corrected chi connectivity index (χ3v) is 5.52. The number of likely N-dealkylation sites (tertiary alicyclic amines) is 1. The number of hydrogen-bond donors (Lipinski definition) is 1. The lowest BCUT2D eigenvalue weighted by molar-refractivity contribution is -0.134. The largest absolute Gasteiger partial charge is 0.494 e. The maximum Gasteiger partial charge on any atom is 0.261 e. The minimum Gasteiger partial charge on any atom is -0.494 e. The molecule has 2 aromatic carbocycles. The number of ether oxygens (including phenoxy) is 2. The van der Waals surface area contributed by atoms with Gasteiger partial charge in [-0.3, -0.25) is 4.79 Å². The fourth-order valence-corrected chi connectivity index (χ4v) is 4.28. The number of halogens is 1. The standard InChI is InChI=1S/C22H26N2O3.ClH/c1-2-26-18-8-10-19(11-9-18)27-15-21(25)24-14-17-12-23-13-20(17)22(24)16-6-4-3-5-7-16;/h3-11,17,20,22-23H,2,12-15H2,1H3;1H/t17-,20-,22+;/m0./s1. The van der Waals surface area contributed by atoms with Crippen LogP contribution in [0.15, 0.2) is 54.6 Å². The van der Waals surface area contributed by atoms with E-state index in [0.29, 0.717) is 24.2 Å². The molecule has 6 heteroatoms. The minimum absolute atomic E-state index is 0. The maximum absolute atomic E-state index is 13.0. The summed E-state index contributed by atoms with van der Waals surface area (Å²) < 4.78 is 11.2. The number of nitrogens with one attached hydrogen (secondary N) is 1. The molecule has 28 heavy (non-hydrogen) atoms. The highest BCUT2D eigenvalue weighted by molar-refractivity contribution is 5.85. The highest BCUT2D eigenvalue weighted by atomic mass is 35.5. The number of carbonyl (C=O) groups excluding carboxylic acids is 1. The van der Waals surface area contributed by atoms with E-state index >= 15 is 0 Å². The van der Waals surface area contributed by atoms with Gasteiger partial charge >= 0.3 is 0 Å². The van der Waals surface area contributed by atoms with Gasteiger partial charge in [0.05, 0.1) is 12.6 Å². The third kappa shape index (κ3) is 4.26. The van der Waals surface area contributed by atoms with E-state index in [-0.39, 0.29) is 31.0 Å². The van der Waals surface area contributed by atoms with Crippen molar-refractivity contribution in [3.63, 3.8) is 0 Å². The fourth-order valence-electron chi connectivity index (χ4n) is 4.28. The van der Waals surface area contributed by atoms with Crippen molar-refractivity contribution in [2.45, 2.75) is 13.0 Å². The van der Waals surface area contributed by atoms with Crippen LogP contribution in [0, 0.1) is 11.8 Å². The van der Waals surface area contributed by atoms with Crippen LogP contribution in [0.1, 0.15) is 18.5 Å². The van der Waals surface area contributed by atoms with Crippen LogP contribution in [0.2, 0.25) is 0 Å². The molecule has 0 saturated carbocycles. The molecule has 0 radical (unpaired) electrons. The number of carbonyl (C=O) groups is 1. The Morgan fingerprint density at radius 3 is 2.39 bits per heavy atom. The second-order valence-corrected chi connectivity index (χ2v) is 7.18. The molecule has 2 fully saturated rings. The molecular formula is C22H27ClN2O3. The average molecular weight is 403 g/mol. The Hall–Kier alpha value is -2.24. The fraction of sp³-hybridized carbons (Fsp3) is 0.409. The number of fused-ring (bicyclic) bond motifs is 1. The summed E-state index contributed by atoms with van der Waals surface area (Å²) in [5.41, 5.74) is 1.21. The molecule has 150 valence electrons. The van der Waals surface area contributed by atoms with E-state index in [1.54, 1.807) is 0 Å². The van der Waals surface area contributed by atoms with Gasteiger partial charge in [-0.2, -0.15) is 0 Å². The highest BCUT2D eigenvalue weighted by Crippen LogP contribution is 2.42. The van der Waals surface area contributed by atoms with E-state index in [9.17, 15) is 4.79 Å². The minimum atomic E-state index is 0. The summed E-state index contributed by atoms with van der Waals surface area (Å²) in [6.45, 7) is 5.39. The highest BCUT2D eigenvalue weighted by Gasteiger charge is 2.46. The molecule has 2 saturated heterocycles. The van der Waals surface area contributed by atoms with Gasteiger partial charge in [-0.15, -0.1) is 12.4 Å². The molecule has 3 atom stereocenters. The molecule has 1 amide bonds. The van der Waals surface area contributed by atoms with Crippen molar-refractivity contribution >= 4 is 18.3 Å². The molecule has 4 rings (SSSR count). The first-order valence-electron chi connectivity index (χ1n) is 9.67. The normalized spacial score (nSPS) is 23.0. The Bertz CT molecular complexity index is 769. The zero-order chi connectivity index (χ0) is 18.6. The van der Waals surface area contributed by atoms with Gasteiger partial charge in [-0.1, -0.05) is 30.3 Å². The number of amides is 1. The van der Waals surface area contributed by atoms with Gasteiger partial charge in [-0.05, 0) is 42.7 Å². The van der Waals surface area contributed by atoms with Crippen molar-refractivity contribution < 1.29 is 14.3 Å². The molecule has 2 aliphatic heterocycles. The van der Waals surface area contributed by atoms with Crippen LogP contribution in [0.3, 0.4) is 0 Å². The van der Waals surface area contributed by atoms with Gasteiger partial charge in [-0.25, -0.2) is 0 Å². The zero-order valence-electron chi connectivity index (χ0n) is 16.0. The van der Waals surface area contributed by atoms with E-state index in [1.165, 1.54) is 5.56 Å². The molecule has 2 aromatic rings. The Morgan fingerprint density at radius 2 is 1.71 bits per heavy atom. The van der Waals surface area contributed by atoms with Gasteiger partial charge < -0.3 is 19.7 Å². The van der Waals surface area contributed by atoms with Crippen LogP contribution in [0.25, 0.3) is 0 Å². The van der Waals surface area contributed by atoms with Gasteiger partial charge in [0, 0.05) is 25.6 Å². The summed E-state index contributed by atoms with van der Waals surface area (Å²) in [4.78, 5) is 15.0. The SMILES string of the molecule is CCOc1ccc(OCC(=O)N2C[C@@H]3CNC[C@@H]3[C@H]2c2ccccc2)cc1.Cl. The molecule has 0 aliphatic carbocycles. The van der Waals surface area contributed by atoms with Crippen molar-refractivity contribution in [3.05, 3.63) is 60.2 Å². The van der Waals surface area contributed by atoms with Crippen molar-refractivity contribution in [3.8, 4) is 11.5 Å². The zero-order valence-corrected chi connectivity index (χ0v) is 16.9. The molecule has 0 spiro atoms. The predicted octanol–water partition coefficient (Wildman–Crippen LogP) is 3.31. The summed E-state index contributed by atoms with van der Waals surface area (Å²) in [5.74, 6) is 2.53. The Labute approximate surface area is 172 Å². The van der Waals surface area contributed by atoms with Gasteiger partial charge in [0.25, 0.3) is 5.91 Å². The summed E-state index contributed by atoms with van der Waals surface area (Å²) in [7, 11) is 0. The Morgan fingerprint density at radius 1 is 1.04 bits per heavy atom. The second kappa shape index (κ2) is 9.30. The number of rotatable bonds is 6. The number of hydrogen-bond acceptors (Lipinski definition) is 4. The molecule has 0 aromatic heterocycles. The van der Waals surface area contributed by atoms with Gasteiger partial charge in [0.2, 0.25) is 0 Å². The first-order chi connectivity index (χ1) is 13.3. The van der Waals surface area contributed by atoms with Crippen LogP contribution in [0.5, 0.6) is 11.5 Å². The summed E-state index contributed by atoms with van der Waals surface area (Å²) in [6.07, 6.45) is 0. The van der Waals surface area contributed by atoms with E-state index < -0.39 is 0 Å². The molecule has 1 N–H and O–H groups in total. The maximum atomic E-state index is 13.0. The molecule has 5 nitrogen and oxygen atoms in total. The van der Waals surface area contributed by atoms with E-state index in [2.05, 4.69) is 17.4 Å². The molecule has 2 aliphatic rings. The van der Waals surface area contributed by atoms with Crippen LogP contribution < -0.4 is 14.8 Å². The average Bonchev–Trinajstić information content (AvgIpc) is 3.29. The second-order valence-electron chi connectivity index (χ2n) is 7.18. The third-order valence-electron chi connectivity index (χ3n) is 5.52. The van der Waals surface area contributed by atoms with Crippen LogP contribution >= 0.6 is 12.4 Å². The molecular weight excluding hydrogens is 376 g/mol. The van der Waals surface area contributed by atoms with E-state index in [4.69, 9.17) is 9.47 Å². The van der Waals surface area contributed by atoms with Crippen LogP contribution in [-0.4, -0.2) is 43.7 Å². The van der Waals surface area contributed by atoms with Crippen molar-refractivity contribution in [1.82, 2.24) is 10.2 Å². The predicted molar refractivity (Wildman–Crippen MR) is 111 cm³/mol. The summed E-state index contributed by atoms with van der Waals surface area (Å²) >= 11 is 0. The lowest BCUT2D eigenvalue weighted by Crippen LogP contribution is -2.37. The van der Waals surface area contributed by atoms with Gasteiger partial charge in [0.15, 0.2) is 6.61 Å². The smallest absolute Gasteiger partial charge is 0.261 e. The summed E-state index contributed by atoms with van der Waals surface area (Å²) in [6, 6.07) is 17.9. The van der Waals surface area contributed by atoms with Crippen molar-refractivity contribution in [1.29, 1.82) is 0 Å². The lowest BCUT2D eigenvalue weighted by Gasteiger charge is -2.28. The number of nitrogens with zero attached hydrogens (tertiary/aromatic N) is 1. The van der Waals surface area contributed by atoms with Crippen molar-refractivity contribution in [2.75, 3.05) is 32.8 Å². The first kappa shape index (κ1) is 20.5. The van der Waals surface area contributed by atoms with E-state index in [1.807, 2.05) is 54.3 Å². The van der Waals surface area contributed by atoms with E-state index in [0.717, 1.165) is 25.4 Å². The Kier molecular flexibility index (Phi) is 6.81. The van der Waals surface area contributed by atoms with Crippen LogP contribution in [0.4, 0.5) is 0 Å². The van der Waals surface area contributed by atoms with Crippen molar-refractivity contribution in [2.24, 2.45) is 11.8 Å². The first-order valence-corrected chi connectivity index (χ1v) is 9.67. The van der Waals surface area contributed by atoms with Gasteiger partial charge in [0.1, 0.15) is 11.5 Å². The Balaban J connectivity index is 0.00000225. The summed E-state index contributed by atoms with van der Waals surface area (Å²) in [5, 5.41) is 3.48. The quantitative estimate of drug-likeness (QED) is 0.805. The molecule has 0 unspecified atom stereocenters. The van der Waals surface area contributed by atoms with Crippen LogP contribution in [-0.2, 0) is 4.79 Å². The lowest BCUT2D eigenvalue weighted by atomic mass is 9.89. The topological polar surface area (TPSA) is 50.8 Å². The molecule has 0 bridgehead atoms. The molecule has 2 heterocycles. The number of benzene rings is 2. The monoisotopic (exact) mass is 402 g/mol.